The maximum absolute atomic E-state index is 14.0. The Morgan fingerprint density at radius 1 is 0.953 bits per heavy atom. The highest BCUT2D eigenvalue weighted by Crippen LogP contribution is 2.54. The zero-order chi connectivity index (χ0) is 30.2. The third-order valence-corrected chi connectivity index (χ3v) is 9.83. The van der Waals surface area contributed by atoms with E-state index >= 15 is 0 Å². The van der Waals surface area contributed by atoms with E-state index in [2.05, 4.69) is 10.3 Å². The second-order valence-corrected chi connectivity index (χ2v) is 12.3. The Balaban J connectivity index is 1.33. The number of aromatic nitrogens is 1. The van der Waals surface area contributed by atoms with Crippen molar-refractivity contribution < 1.29 is 28.6 Å². The maximum Gasteiger partial charge on any atom is 0.305 e. The van der Waals surface area contributed by atoms with Gasteiger partial charge in [0, 0.05) is 27.1 Å². The number of fused-ring (bicyclic) bond motifs is 2. The summed E-state index contributed by atoms with van der Waals surface area (Å²) in [6.45, 7) is -0.336. The second kappa shape index (κ2) is 11.8. The Hall–Kier alpha value is -4.26. The first kappa shape index (κ1) is 28.8. The molecule has 2 unspecified atom stereocenters. The molecule has 1 aromatic heterocycles. The minimum atomic E-state index is -0.854. The van der Waals surface area contributed by atoms with Crippen molar-refractivity contribution in [1.29, 1.82) is 0 Å². The summed E-state index contributed by atoms with van der Waals surface area (Å²) in [6.07, 6.45) is 0. The number of carbonyl (C=O) groups excluding carboxylic acids is 3. The summed E-state index contributed by atoms with van der Waals surface area (Å²) in [6, 6.07) is 18.4. The number of methoxy groups -OCH3 is 2. The van der Waals surface area contributed by atoms with Crippen LogP contribution in [0.15, 0.2) is 76.6 Å². The van der Waals surface area contributed by atoms with Crippen molar-refractivity contribution in [3.8, 4) is 17.2 Å². The van der Waals surface area contributed by atoms with Gasteiger partial charge >= 0.3 is 4.87 Å². The summed E-state index contributed by atoms with van der Waals surface area (Å²) in [5, 5.41) is 2.85. The van der Waals surface area contributed by atoms with Gasteiger partial charge in [-0.05, 0) is 66.7 Å². The lowest BCUT2D eigenvalue weighted by Crippen LogP contribution is -2.32. The minimum absolute atomic E-state index is 0.305. The lowest BCUT2D eigenvalue weighted by molar-refractivity contribution is -0.122. The molecule has 2 N–H and O–H groups in total. The van der Waals surface area contributed by atoms with Crippen LogP contribution < -0.4 is 29.3 Å². The van der Waals surface area contributed by atoms with Gasteiger partial charge in [0.15, 0.2) is 6.61 Å². The van der Waals surface area contributed by atoms with Gasteiger partial charge in [0.1, 0.15) is 22.5 Å². The number of ether oxygens (including phenoxy) is 3. The van der Waals surface area contributed by atoms with Gasteiger partial charge in [-0.3, -0.25) is 19.2 Å². The predicted octanol–water partition coefficient (Wildman–Crippen LogP) is 4.92. The molecule has 43 heavy (non-hydrogen) atoms. The third-order valence-electron chi connectivity index (χ3n) is 7.19. The Labute approximate surface area is 258 Å². The molecule has 1 fully saturated rings. The lowest BCUT2D eigenvalue weighted by atomic mass is 9.82. The normalized spacial score (nSPS) is 19.0. The number of benzene rings is 3. The number of H-pyrrole nitrogens is 1. The van der Waals surface area contributed by atoms with Crippen LogP contribution in [0.1, 0.15) is 16.4 Å². The van der Waals surface area contributed by atoms with Crippen molar-refractivity contribution in [1.82, 2.24) is 4.98 Å². The van der Waals surface area contributed by atoms with Gasteiger partial charge in [-0.15, -0.1) is 0 Å². The molecule has 3 atom stereocenters. The van der Waals surface area contributed by atoms with Crippen molar-refractivity contribution in [2.24, 2.45) is 5.92 Å². The van der Waals surface area contributed by atoms with E-state index in [4.69, 9.17) is 25.8 Å². The van der Waals surface area contributed by atoms with Crippen molar-refractivity contribution >= 4 is 63.8 Å². The number of aromatic amines is 1. The molecule has 2 aliphatic heterocycles. The third kappa shape index (κ3) is 5.49. The van der Waals surface area contributed by atoms with Crippen LogP contribution in [0.3, 0.4) is 0 Å². The van der Waals surface area contributed by atoms with Crippen LogP contribution in [0.4, 0.5) is 11.4 Å². The molecule has 3 aromatic carbocycles. The molecule has 0 aliphatic carbocycles. The number of nitrogens with zero attached hydrogens (tertiary/aromatic N) is 1. The average molecular weight is 638 g/mol. The Kier molecular flexibility index (Phi) is 7.91. The van der Waals surface area contributed by atoms with Crippen molar-refractivity contribution in [3.63, 3.8) is 0 Å². The fourth-order valence-electron chi connectivity index (χ4n) is 5.25. The van der Waals surface area contributed by atoms with Crippen LogP contribution in [-0.4, -0.2) is 48.8 Å². The molecule has 3 amide bonds. The van der Waals surface area contributed by atoms with Crippen LogP contribution in [0, 0.1) is 5.92 Å². The predicted molar refractivity (Wildman–Crippen MR) is 164 cm³/mol. The first-order valence-electron chi connectivity index (χ1n) is 13.0. The molecular formula is C30H24ClN3O7S2. The topological polar surface area (TPSA) is 127 Å². The number of hydrogen-bond acceptors (Lipinski definition) is 9. The number of halogens is 1. The first-order valence-corrected chi connectivity index (χ1v) is 15.1. The highest BCUT2D eigenvalue weighted by molar-refractivity contribution is 8.00. The molecule has 10 nitrogen and oxygen atoms in total. The smallest absolute Gasteiger partial charge is 0.305 e. The largest absolute Gasteiger partial charge is 0.497 e. The van der Waals surface area contributed by atoms with Gasteiger partial charge in [-0.1, -0.05) is 34.7 Å². The SMILES string of the molecule is COc1ccc(NC(=O)COc2ccc(Cl)cc2[C@H]2c3sc(=O)[nH]c3SC3C(=O)N(c4ccc(OC)cc4)C(=O)C32)cc1. The maximum atomic E-state index is 14.0. The van der Waals surface area contributed by atoms with E-state index < -0.39 is 34.8 Å². The standard InChI is InChI=1S/C30H24ClN3O7S2/c1-39-18-8-4-16(5-9-18)32-22(35)14-41-21-12-3-15(31)13-20(21)23-24-26(42-27-25(23)43-30(38)33-27)29(37)34(28(24)36)17-6-10-19(40-2)11-7-17/h3-13,23-24,26H,14H2,1-2H3,(H,32,35)(H,33,38)/t23-,24?,26?/m1/s1. The van der Waals surface area contributed by atoms with Crippen LogP contribution in [0.5, 0.6) is 17.2 Å². The molecule has 0 spiro atoms. The lowest BCUT2D eigenvalue weighted by Gasteiger charge is -2.31. The molecular weight excluding hydrogens is 614 g/mol. The average Bonchev–Trinajstić information content (AvgIpc) is 3.50. The molecule has 4 aromatic rings. The van der Waals surface area contributed by atoms with E-state index in [1.165, 1.54) is 23.8 Å². The molecule has 1 saturated heterocycles. The Bertz CT molecular complexity index is 1770. The van der Waals surface area contributed by atoms with Crippen molar-refractivity contribution in [3.05, 3.63) is 91.9 Å². The van der Waals surface area contributed by atoms with Gasteiger partial charge < -0.3 is 24.5 Å². The summed E-state index contributed by atoms with van der Waals surface area (Å²) in [7, 11) is 3.09. The second-order valence-electron chi connectivity index (χ2n) is 9.71. The number of thioether (sulfide) groups is 1. The van der Waals surface area contributed by atoms with Crippen LogP contribution in [-0.2, 0) is 14.4 Å². The number of amides is 3. The number of anilines is 2. The number of hydrogen-bond donors (Lipinski definition) is 2. The van der Waals surface area contributed by atoms with Crippen LogP contribution in [0.2, 0.25) is 5.02 Å². The fraction of sp³-hybridized carbons (Fsp3) is 0.200. The molecule has 0 bridgehead atoms. The number of carbonyl (C=O) groups is 3. The quantitative estimate of drug-likeness (QED) is 0.261. The number of rotatable bonds is 8. The molecule has 0 radical (unpaired) electrons. The van der Waals surface area contributed by atoms with Gasteiger partial charge in [0.25, 0.3) is 5.91 Å². The fourth-order valence-corrected chi connectivity index (χ4v) is 7.93. The van der Waals surface area contributed by atoms with E-state index in [1.54, 1.807) is 73.8 Å². The van der Waals surface area contributed by atoms with E-state index in [9.17, 15) is 19.2 Å². The van der Waals surface area contributed by atoms with Gasteiger partial charge in [-0.25, -0.2) is 4.90 Å². The first-order chi connectivity index (χ1) is 20.8. The molecule has 2 aliphatic rings. The van der Waals surface area contributed by atoms with Gasteiger partial charge in [-0.2, -0.15) is 0 Å². The van der Waals surface area contributed by atoms with Crippen LogP contribution >= 0.6 is 34.7 Å². The van der Waals surface area contributed by atoms with Crippen LogP contribution in [0.25, 0.3) is 0 Å². The summed E-state index contributed by atoms with van der Waals surface area (Å²) >= 11 is 8.57. The van der Waals surface area contributed by atoms with Gasteiger partial charge in [0.2, 0.25) is 11.8 Å². The van der Waals surface area contributed by atoms with E-state index in [-0.39, 0.29) is 11.5 Å². The molecule has 3 heterocycles. The molecule has 220 valence electrons. The number of imide groups is 1. The Morgan fingerprint density at radius 2 is 1.63 bits per heavy atom. The van der Waals surface area contributed by atoms with Gasteiger partial charge in [0.05, 0.1) is 30.9 Å². The monoisotopic (exact) mass is 637 g/mol. The van der Waals surface area contributed by atoms with Crippen molar-refractivity contribution in [2.45, 2.75) is 16.2 Å². The van der Waals surface area contributed by atoms with E-state index in [0.717, 1.165) is 11.3 Å². The van der Waals surface area contributed by atoms with E-state index in [0.29, 0.717) is 49.1 Å². The van der Waals surface area contributed by atoms with Crippen molar-refractivity contribution in [2.75, 3.05) is 31.0 Å². The number of thiazole rings is 1. The zero-order valence-corrected chi connectivity index (χ0v) is 25.2. The summed E-state index contributed by atoms with van der Waals surface area (Å²) in [5.41, 5.74) is 1.47. The Morgan fingerprint density at radius 3 is 2.30 bits per heavy atom. The zero-order valence-electron chi connectivity index (χ0n) is 22.8. The highest BCUT2D eigenvalue weighted by atomic mass is 35.5. The molecule has 0 saturated carbocycles. The number of nitrogens with one attached hydrogen (secondary N) is 2. The molecule has 13 heteroatoms. The highest BCUT2D eigenvalue weighted by Gasteiger charge is 2.56. The summed E-state index contributed by atoms with van der Waals surface area (Å²) in [4.78, 5) is 57.3. The summed E-state index contributed by atoms with van der Waals surface area (Å²) in [5.74, 6) is -1.25. The molecule has 6 rings (SSSR count). The summed E-state index contributed by atoms with van der Waals surface area (Å²) < 4.78 is 16.4. The van der Waals surface area contributed by atoms with E-state index in [1.807, 2.05) is 0 Å². The minimum Gasteiger partial charge on any atom is -0.497 e.